The molecule has 84 valence electrons. The van der Waals surface area contributed by atoms with Crippen LogP contribution < -0.4 is 5.90 Å². The van der Waals surface area contributed by atoms with Crippen molar-refractivity contribution in [3.8, 4) is 0 Å². The highest BCUT2D eigenvalue weighted by Crippen LogP contribution is 2.03. The van der Waals surface area contributed by atoms with E-state index in [2.05, 4.69) is 37.4 Å². The van der Waals surface area contributed by atoms with Gasteiger partial charge in [0.1, 0.15) is 0 Å². The second kappa shape index (κ2) is 10.5. The maximum absolute atomic E-state index is 4.95. The van der Waals surface area contributed by atoms with Crippen LogP contribution in [-0.4, -0.2) is 30.1 Å². The lowest BCUT2D eigenvalue weighted by atomic mass is 10.2. The topological polar surface area (TPSA) is 38.5 Å². The molecule has 0 aliphatic carbocycles. The summed E-state index contributed by atoms with van der Waals surface area (Å²) in [6.07, 6.45) is 0. The van der Waals surface area contributed by atoms with Gasteiger partial charge in [-0.3, -0.25) is 4.90 Å². The minimum atomic E-state index is 0. The fourth-order valence-corrected chi connectivity index (χ4v) is 1.27. The Balaban J connectivity index is -0.000000500. The van der Waals surface area contributed by atoms with Crippen LogP contribution in [0.25, 0.3) is 0 Å². The summed E-state index contributed by atoms with van der Waals surface area (Å²) >= 11 is 0. The van der Waals surface area contributed by atoms with Gasteiger partial charge in [0, 0.05) is 18.6 Å². The van der Waals surface area contributed by atoms with Crippen molar-refractivity contribution in [3.05, 3.63) is 0 Å². The van der Waals surface area contributed by atoms with Crippen molar-refractivity contribution < 1.29 is 4.84 Å². The standard InChI is InChI=1S/C8H20N2O.2ClH/c1-7(2)10(8(3)4)5-6-11-9;;/h7-8H,5-6,9H2,1-4H3;2*1H. The summed E-state index contributed by atoms with van der Waals surface area (Å²) in [6, 6.07) is 1.12. The number of hydrogen-bond acceptors (Lipinski definition) is 3. The van der Waals surface area contributed by atoms with Crippen molar-refractivity contribution in [2.24, 2.45) is 5.90 Å². The zero-order chi connectivity index (χ0) is 8.85. The summed E-state index contributed by atoms with van der Waals surface area (Å²) in [5, 5.41) is 0. The maximum atomic E-state index is 4.95. The highest BCUT2D eigenvalue weighted by molar-refractivity contribution is 5.85. The van der Waals surface area contributed by atoms with E-state index in [1.807, 2.05) is 0 Å². The lowest BCUT2D eigenvalue weighted by molar-refractivity contribution is 0.0792. The van der Waals surface area contributed by atoms with Gasteiger partial charge in [-0.25, -0.2) is 5.90 Å². The van der Waals surface area contributed by atoms with E-state index in [1.165, 1.54) is 0 Å². The molecule has 0 amide bonds. The molecular formula is C8H22Cl2N2O. The molecule has 0 aromatic carbocycles. The third kappa shape index (κ3) is 8.78. The Morgan fingerprint density at radius 1 is 1.08 bits per heavy atom. The molecule has 13 heavy (non-hydrogen) atoms. The van der Waals surface area contributed by atoms with Crippen LogP contribution in [0.15, 0.2) is 0 Å². The molecule has 0 aliphatic heterocycles. The van der Waals surface area contributed by atoms with Crippen LogP contribution >= 0.6 is 24.8 Å². The number of rotatable bonds is 5. The van der Waals surface area contributed by atoms with Gasteiger partial charge in [-0.2, -0.15) is 0 Å². The molecule has 0 aromatic rings. The largest absolute Gasteiger partial charge is 0.303 e. The summed E-state index contributed by atoms with van der Waals surface area (Å²) in [5.74, 6) is 4.95. The van der Waals surface area contributed by atoms with Crippen molar-refractivity contribution in [1.29, 1.82) is 0 Å². The molecule has 0 heterocycles. The van der Waals surface area contributed by atoms with Crippen LogP contribution in [0.2, 0.25) is 0 Å². The van der Waals surface area contributed by atoms with Crippen molar-refractivity contribution in [2.75, 3.05) is 13.2 Å². The monoisotopic (exact) mass is 232 g/mol. The Hall–Kier alpha value is 0.460. The van der Waals surface area contributed by atoms with Crippen LogP contribution in [0.3, 0.4) is 0 Å². The van der Waals surface area contributed by atoms with E-state index in [4.69, 9.17) is 5.90 Å². The van der Waals surface area contributed by atoms with Gasteiger partial charge >= 0.3 is 0 Å². The molecular weight excluding hydrogens is 211 g/mol. The molecule has 0 unspecified atom stereocenters. The molecule has 0 spiro atoms. The molecule has 0 rings (SSSR count). The molecule has 0 aliphatic rings. The Morgan fingerprint density at radius 3 is 1.69 bits per heavy atom. The third-order valence-electron chi connectivity index (χ3n) is 1.79. The average molecular weight is 233 g/mol. The Kier molecular flexibility index (Phi) is 15.5. The summed E-state index contributed by atoms with van der Waals surface area (Å²) in [5.41, 5.74) is 0. The van der Waals surface area contributed by atoms with E-state index in [-0.39, 0.29) is 24.8 Å². The van der Waals surface area contributed by atoms with E-state index in [1.54, 1.807) is 0 Å². The average Bonchev–Trinajstić information content (AvgIpc) is 1.87. The van der Waals surface area contributed by atoms with Gasteiger partial charge in [0.25, 0.3) is 0 Å². The molecule has 5 heteroatoms. The van der Waals surface area contributed by atoms with Gasteiger partial charge in [-0.1, -0.05) is 0 Å². The minimum Gasteiger partial charge on any atom is -0.303 e. The normalized spacial score (nSPS) is 10.2. The first kappa shape index (κ1) is 19.1. The lowest BCUT2D eigenvalue weighted by Crippen LogP contribution is -2.39. The van der Waals surface area contributed by atoms with Gasteiger partial charge in [0.15, 0.2) is 0 Å². The van der Waals surface area contributed by atoms with Crippen LogP contribution in [0.1, 0.15) is 27.7 Å². The molecule has 0 aromatic heterocycles. The number of nitrogens with two attached hydrogens (primary N) is 1. The molecule has 0 radical (unpaired) electrons. The van der Waals surface area contributed by atoms with Gasteiger partial charge in [-0.05, 0) is 27.7 Å². The zero-order valence-corrected chi connectivity index (χ0v) is 10.5. The number of halogens is 2. The Bertz CT molecular complexity index is 94.1. The van der Waals surface area contributed by atoms with Gasteiger partial charge in [0.05, 0.1) is 6.61 Å². The van der Waals surface area contributed by atoms with Crippen LogP contribution in [0.5, 0.6) is 0 Å². The molecule has 0 fully saturated rings. The summed E-state index contributed by atoms with van der Waals surface area (Å²) in [7, 11) is 0. The fraction of sp³-hybridized carbons (Fsp3) is 1.00. The van der Waals surface area contributed by atoms with Crippen LogP contribution in [-0.2, 0) is 4.84 Å². The first-order chi connectivity index (χ1) is 5.09. The molecule has 2 N–H and O–H groups in total. The lowest BCUT2D eigenvalue weighted by Gasteiger charge is -2.29. The molecule has 0 saturated carbocycles. The molecule has 0 atom stereocenters. The van der Waals surface area contributed by atoms with E-state index >= 15 is 0 Å². The van der Waals surface area contributed by atoms with E-state index in [0.29, 0.717) is 18.7 Å². The second-order valence-electron chi connectivity index (χ2n) is 3.30. The van der Waals surface area contributed by atoms with Gasteiger partial charge < -0.3 is 4.84 Å². The summed E-state index contributed by atoms with van der Waals surface area (Å²) in [6.45, 7) is 10.2. The van der Waals surface area contributed by atoms with E-state index < -0.39 is 0 Å². The third-order valence-corrected chi connectivity index (χ3v) is 1.79. The maximum Gasteiger partial charge on any atom is 0.0806 e. The first-order valence-electron chi connectivity index (χ1n) is 4.17. The summed E-state index contributed by atoms with van der Waals surface area (Å²) < 4.78 is 0. The van der Waals surface area contributed by atoms with Gasteiger partial charge in [-0.15, -0.1) is 24.8 Å². The van der Waals surface area contributed by atoms with Crippen molar-refractivity contribution >= 4 is 24.8 Å². The van der Waals surface area contributed by atoms with Gasteiger partial charge in [0.2, 0.25) is 0 Å². The Morgan fingerprint density at radius 2 is 1.46 bits per heavy atom. The SMILES string of the molecule is CC(C)N(CCON)C(C)C.Cl.Cl. The number of hydrogen-bond donors (Lipinski definition) is 1. The van der Waals surface area contributed by atoms with Crippen LogP contribution in [0.4, 0.5) is 0 Å². The first-order valence-corrected chi connectivity index (χ1v) is 4.17. The van der Waals surface area contributed by atoms with Crippen LogP contribution in [0, 0.1) is 0 Å². The van der Waals surface area contributed by atoms with E-state index in [0.717, 1.165) is 6.54 Å². The van der Waals surface area contributed by atoms with E-state index in [9.17, 15) is 0 Å². The minimum absolute atomic E-state index is 0. The second-order valence-corrected chi connectivity index (χ2v) is 3.30. The predicted molar refractivity (Wildman–Crippen MR) is 61.6 cm³/mol. The Labute approximate surface area is 93.8 Å². The molecule has 0 saturated heterocycles. The fourth-order valence-electron chi connectivity index (χ4n) is 1.27. The predicted octanol–water partition coefficient (Wildman–Crippen LogP) is 1.84. The van der Waals surface area contributed by atoms with Crippen molar-refractivity contribution in [3.63, 3.8) is 0 Å². The highest BCUT2D eigenvalue weighted by atomic mass is 35.5. The van der Waals surface area contributed by atoms with Crippen molar-refractivity contribution in [1.82, 2.24) is 4.90 Å². The smallest absolute Gasteiger partial charge is 0.0806 e. The number of nitrogens with zero attached hydrogens (tertiary/aromatic N) is 1. The molecule has 0 bridgehead atoms. The van der Waals surface area contributed by atoms with Crippen molar-refractivity contribution in [2.45, 2.75) is 39.8 Å². The summed E-state index contributed by atoms with van der Waals surface area (Å²) in [4.78, 5) is 6.87. The quantitative estimate of drug-likeness (QED) is 0.736. The molecule has 3 nitrogen and oxygen atoms in total. The zero-order valence-electron chi connectivity index (χ0n) is 8.82. The highest BCUT2D eigenvalue weighted by Gasteiger charge is 2.11.